The fourth-order valence-electron chi connectivity index (χ4n) is 2.77. The van der Waals surface area contributed by atoms with Gasteiger partial charge in [0.2, 0.25) is 11.8 Å². The first-order valence-electron chi connectivity index (χ1n) is 9.38. The number of hydrogen-bond acceptors (Lipinski definition) is 6. The average Bonchev–Trinajstić information content (AvgIpc) is 3.15. The van der Waals surface area contributed by atoms with Gasteiger partial charge in [0, 0.05) is 17.7 Å². The summed E-state index contributed by atoms with van der Waals surface area (Å²) in [6.07, 6.45) is 0.640. The van der Waals surface area contributed by atoms with Gasteiger partial charge in [-0.3, -0.25) is 9.59 Å². The molecule has 0 aliphatic rings. The van der Waals surface area contributed by atoms with Crippen molar-refractivity contribution in [2.45, 2.75) is 43.6 Å². The predicted molar refractivity (Wildman–Crippen MR) is 113 cm³/mol. The Kier molecular flexibility index (Phi) is 6.82. The third kappa shape index (κ3) is 5.77. The molecule has 3 aromatic rings. The molecule has 0 aliphatic heterocycles. The van der Waals surface area contributed by atoms with Crippen molar-refractivity contribution in [3.63, 3.8) is 0 Å². The van der Waals surface area contributed by atoms with Gasteiger partial charge >= 0.3 is 0 Å². The highest BCUT2D eigenvalue weighted by molar-refractivity contribution is 8.00. The molecule has 6 nitrogen and oxygen atoms in total. The molecule has 7 heteroatoms. The second-order valence-electron chi connectivity index (χ2n) is 6.86. The van der Waals surface area contributed by atoms with E-state index in [2.05, 4.69) is 34.6 Å². The standard InChI is InChI=1S/C22H23N3O3S/c1-14(17-7-5-4-6-8-17)13-20-24-25-22(28-20)29-16(3)21(27)23-19-11-9-18(10-12-19)15(2)26/h4-12,14,16H,13H2,1-3H3,(H,23,27). The lowest BCUT2D eigenvalue weighted by Gasteiger charge is -2.10. The summed E-state index contributed by atoms with van der Waals surface area (Å²) in [5.74, 6) is 0.619. The van der Waals surface area contributed by atoms with Gasteiger partial charge in [0.05, 0.1) is 5.25 Å². The van der Waals surface area contributed by atoms with Crippen LogP contribution in [0, 0.1) is 0 Å². The van der Waals surface area contributed by atoms with Gasteiger partial charge in [-0.1, -0.05) is 49.0 Å². The first-order valence-corrected chi connectivity index (χ1v) is 10.3. The van der Waals surface area contributed by atoms with E-state index < -0.39 is 5.25 Å². The predicted octanol–water partition coefficient (Wildman–Crippen LogP) is 4.74. The van der Waals surface area contributed by atoms with Crippen LogP contribution < -0.4 is 5.32 Å². The Morgan fingerprint density at radius 3 is 2.38 bits per heavy atom. The molecule has 0 saturated heterocycles. The summed E-state index contributed by atoms with van der Waals surface area (Å²) in [6.45, 7) is 5.39. The number of ketones is 1. The Balaban J connectivity index is 1.54. The number of nitrogens with one attached hydrogen (secondary N) is 1. The molecule has 0 fully saturated rings. The third-order valence-electron chi connectivity index (χ3n) is 4.50. The summed E-state index contributed by atoms with van der Waals surface area (Å²) in [5.41, 5.74) is 2.45. The number of anilines is 1. The van der Waals surface area contributed by atoms with Gasteiger partial charge in [0.15, 0.2) is 5.78 Å². The fraction of sp³-hybridized carbons (Fsp3) is 0.273. The molecule has 0 radical (unpaired) electrons. The van der Waals surface area contributed by atoms with Crippen LogP contribution in [-0.4, -0.2) is 27.1 Å². The van der Waals surface area contributed by atoms with Crippen molar-refractivity contribution in [2.24, 2.45) is 0 Å². The van der Waals surface area contributed by atoms with Crippen molar-refractivity contribution in [3.8, 4) is 0 Å². The number of hydrogen-bond donors (Lipinski definition) is 1. The number of aromatic nitrogens is 2. The highest BCUT2D eigenvalue weighted by atomic mass is 32.2. The summed E-state index contributed by atoms with van der Waals surface area (Å²) in [5, 5.41) is 10.9. The van der Waals surface area contributed by atoms with Crippen LogP contribution in [0.25, 0.3) is 0 Å². The highest BCUT2D eigenvalue weighted by Crippen LogP contribution is 2.25. The minimum Gasteiger partial charge on any atom is -0.416 e. The van der Waals surface area contributed by atoms with Crippen LogP contribution >= 0.6 is 11.8 Å². The van der Waals surface area contributed by atoms with Crippen molar-refractivity contribution < 1.29 is 14.0 Å². The van der Waals surface area contributed by atoms with E-state index in [1.54, 1.807) is 31.2 Å². The summed E-state index contributed by atoms with van der Waals surface area (Å²) in [6, 6.07) is 17.0. The van der Waals surface area contributed by atoms with Crippen molar-refractivity contribution in [3.05, 3.63) is 71.6 Å². The van der Waals surface area contributed by atoms with E-state index in [9.17, 15) is 9.59 Å². The molecular weight excluding hydrogens is 386 g/mol. The lowest BCUT2D eigenvalue weighted by Crippen LogP contribution is -2.22. The van der Waals surface area contributed by atoms with Crippen LogP contribution in [0.5, 0.6) is 0 Å². The van der Waals surface area contributed by atoms with E-state index in [4.69, 9.17) is 4.42 Å². The van der Waals surface area contributed by atoms with E-state index in [0.717, 1.165) is 0 Å². The minimum absolute atomic E-state index is 0.0134. The molecule has 1 heterocycles. The zero-order valence-corrected chi connectivity index (χ0v) is 17.4. The maximum atomic E-state index is 12.4. The van der Waals surface area contributed by atoms with Gasteiger partial charge in [-0.05, 0) is 49.6 Å². The quantitative estimate of drug-likeness (QED) is 0.427. The van der Waals surface area contributed by atoms with E-state index in [1.807, 2.05) is 18.2 Å². The zero-order chi connectivity index (χ0) is 20.8. The zero-order valence-electron chi connectivity index (χ0n) is 16.6. The maximum Gasteiger partial charge on any atom is 0.277 e. The Labute approximate surface area is 174 Å². The minimum atomic E-state index is -0.415. The van der Waals surface area contributed by atoms with Crippen molar-refractivity contribution in [2.75, 3.05) is 5.32 Å². The summed E-state index contributed by atoms with van der Waals surface area (Å²) in [4.78, 5) is 23.7. The molecule has 0 saturated carbocycles. The number of benzene rings is 2. The Morgan fingerprint density at radius 1 is 1.03 bits per heavy atom. The Hall–Kier alpha value is -2.93. The molecule has 2 aromatic carbocycles. The molecule has 150 valence electrons. The lowest BCUT2D eigenvalue weighted by molar-refractivity contribution is -0.115. The third-order valence-corrected chi connectivity index (χ3v) is 5.44. The molecule has 1 N–H and O–H groups in total. The molecule has 0 spiro atoms. The first-order chi connectivity index (χ1) is 13.9. The van der Waals surface area contributed by atoms with Crippen molar-refractivity contribution >= 4 is 29.1 Å². The van der Waals surface area contributed by atoms with Gasteiger partial charge in [0.25, 0.3) is 5.22 Å². The van der Waals surface area contributed by atoms with Gasteiger partial charge in [-0.25, -0.2) is 0 Å². The molecule has 1 aromatic heterocycles. The molecule has 29 heavy (non-hydrogen) atoms. The molecule has 0 aliphatic carbocycles. The van der Waals surface area contributed by atoms with E-state index >= 15 is 0 Å². The van der Waals surface area contributed by atoms with E-state index in [1.165, 1.54) is 24.2 Å². The Bertz CT molecular complexity index is 970. The monoisotopic (exact) mass is 409 g/mol. The van der Waals surface area contributed by atoms with Crippen molar-refractivity contribution in [1.82, 2.24) is 10.2 Å². The largest absolute Gasteiger partial charge is 0.416 e. The van der Waals surface area contributed by atoms with Gasteiger partial charge in [-0.2, -0.15) is 0 Å². The summed E-state index contributed by atoms with van der Waals surface area (Å²) < 4.78 is 5.71. The molecule has 3 rings (SSSR count). The second kappa shape index (κ2) is 9.52. The highest BCUT2D eigenvalue weighted by Gasteiger charge is 2.19. The number of nitrogens with zero attached hydrogens (tertiary/aromatic N) is 2. The normalized spacial score (nSPS) is 12.9. The molecule has 0 bridgehead atoms. The van der Waals surface area contributed by atoms with Gasteiger partial charge < -0.3 is 9.73 Å². The topological polar surface area (TPSA) is 85.1 Å². The summed E-state index contributed by atoms with van der Waals surface area (Å²) >= 11 is 1.22. The molecule has 2 atom stereocenters. The van der Waals surface area contributed by atoms with Crippen LogP contribution in [0.4, 0.5) is 5.69 Å². The molecule has 1 amide bonds. The van der Waals surface area contributed by atoms with Crippen LogP contribution in [0.15, 0.2) is 64.2 Å². The van der Waals surface area contributed by atoms with E-state index in [-0.39, 0.29) is 17.6 Å². The number of rotatable bonds is 8. The van der Waals surface area contributed by atoms with Crippen LogP contribution in [0.3, 0.4) is 0 Å². The second-order valence-corrected chi connectivity index (χ2v) is 8.15. The lowest BCUT2D eigenvalue weighted by atomic mass is 9.98. The maximum absolute atomic E-state index is 12.4. The summed E-state index contributed by atoms with van der Waals surface area (Å²) in [7, 11) is 0. The van der Waals surface area contributed by atoms with Gasteiger partial charge in [-0.15, -0.1) is 10.2 Å². The van der Waals surface area contributed by atoms with Crippen molar-refractivity contribution in [1.29, 1.82) is 0 Å². The van der Waals surface area contributed by atoms with Crippen LogP contribution in [-0.2, 0) is 11.2 Å². The van der Waals surface area contributed by atoms with Crippen LogP contribution in [0.2, 0.25) is 0 Å². The number of carbonyl (C=O) groups is 2. The number of Topliss-reactive ketones (excluding diaryl/α,β-unsaturated/α-hetero) is 1. The van der Waals surface area contributed by atoms with E-state index in [0.29, 0.717) is 28.8 Å². The number of amides is 1. The number of thioether (sulfide) groups is 1. The SMILES string of the molecule is CC(=O)c1ccc(NC(=O)C(C)Sc2nnc(CC(C)c3ccccc3)o2)cc1. The number of carbonyl (C=O) groups excluding carboxylic acids is 2. The average molecular weight is 410 g/mol. The molecule has 2 unspecified atom stereocenters. The Morgan fingerprint density at radius 2 is 1.72 bits per heavy atom. The smallest absolute Gasteiger partial charge is 0.277 e. The fourth-order valence-corrected chi connectivity index (χ4v) is 3.47. The first kappa shape index (κ1) is 20.8. The van der Waals surface area contributed by atoms with Crippen LogP contribution in [0.1, 0.15) is 48.5 Å². The molecular formula is C22H23N3O3S. The van der Waals surface area contributed by atoms with Gasteiger partial charge in [0.1, 0.15) is 0 Å².